The van der Waals surface area contributed by atoms with E-state index in [4.69, 9.17) is 9.57 Å². The predicted molar refractivity (Wildman–Crippen MR) is 113 cm³/mol. The van der Waals surface area contributed by atoms with Gasteiger partial charge in [0.05, 0.1) is 12.3 Å². The molecule has 1 aliphatic heterocycles. The summed E-state index contributed by atoms with van der Waals surface area (Å²) in [6.45, 7) is 6.71. The molecule has 0 amide bonds. The third-order valence-electron chi connectivity index (χ3n) is 5.91. The van der Waals surface area contributed by atoms with Gasteiger partial charge in [0.15, 0.2) is 0 Å². The average molecular weight is 379 g/mol. The van der Waals surface area contributed by atoms with Gasteiger partial charge < -0.3 is 14.9 Å². The zero-order chi connectivity index (χ0) is 19.3. The monoisotopic (exact) mass is 378 g/mol. The van der Waals surface area contributed by atoms with Crippen LogP contribution < -0.4 is 5.32 Å². The van der Waals surface area contributed by atoms with Crippen molar-refractivity contribution in [3.05, 3.63) is 70.8 Å². The van der Waals surface area contributed by atoms with Crippen molar-refractivity contribution >= 4 is 5.71 Å². The highest BCUT2D eigenvalue weighted by molar-refractivity contribution is 6.01. The van der Waals surface area contributed by atoms with E-state index in [1.54, 1.807) is 0 Å². The molecule has 1 unspecified atom stereocenters. The molecule has 4 rings (SSSR count). The first-order valence-corrected chi connectivity index (χ1v) is 10.3. The maximum atomic E-state index is 5.86. The Kier molecular flexibility index (Phi) is 6.08. The molecule has 2 aromatic carbocycles. The summed E-state index contributed by atoms with van der Waals surface area (Å²) >= 11 is 0. The molecule has 1 heterocycles. The molecule has 1 atom stereocenters. The fraction of sp³-hybridized carbons (Fsp3) is 0.458. The molecule has 1 saturated carbocycles. The lowest BCUT2D eigenvalue weighted by Crippen LogP contribution is -2.45. The van der Waals surface area contributed by atoms with Gasteiger partial charge in [-0.05, 0) is 60.9 Å². The molecule has 2 aromatic rings. The predicted octanol–water partition coefficient (Wildman–Crippen LogP) is 4.38. The second kappa shape index (κ2) is 8.89. The molecule has 4 nitrogen and oxygen atoms in total. The Morgan fingerprint density at radius 1 is 1.07 bits per heavy atom. The topological polar surface area (TPSA) is 42.8 Å². The van der Waals surface area contributed by atoms with Gasteiger partial charge in [0.2, 0.25) is 0 Å². The van der Waals surface area contributed by atoms with Crippen molar-refractivity contribution < 1.29 is 9.57 Å². The van der Waals surface area contributed by atoms with Crippen LogP contribution in [0, 0.1) is 19.8 Å². The van der Waals surface area contributed by atoms with Crippen molar-refractivity contribution in [2.24, 2.45) is 11.1 Å². The zero-order valence-electron chi connectivity index (χ0n) is 16.9. The van der Waals surface area contributed by atoms with Crippen molar-refractivity contribution in [1.29, 1.82) is 0 Å². The lowest BCUT2D eigenvalue weighted by atomic mass is 9.81. The molecule has 28 heavy (non-hydrogen) atoms. The van der Waals surface area contributed by atoms with Gasteiger partial charge in [0.25, 0.3) is 0 Å². The highest BCUT2D eigenvalue weighted by Gasteiger charge is 2.30. The average Bonchev–Trinajstić information content (AvgIpc) is 3.15. The van der Waals surface area contributed by atoms with E-state index in [0.717, 1.165) is 25.3 Å². The number of hydrogen-bond donors (Lipinski definition) is 1. The molecular weight excluding hydrogens is 348 g/mol. The quantitative estimate of drug-likeness (QED) is 0.741. The van der Waals surface area contributed by atoms with E-state index in [9.17, 15) is 0 Å². The van der Waals surface area contributed by atoms with Gasteiger partial charge in [-0.1, -0.05) is 47.6 Å². The Hall–Kier alpha value is -2.17. The summed E-state index contributed by atoms with van der Waals surface area (Å²) in [5.41, 5.74) is 6.11. The van der Waals surface area contributed by atoms with E-state index in [-0.39, 0.29) is 6.10 Å². The molecule has 1 N–H and O–H groups in total. The summed E-state index contributed by atoms with van der Waals surface area (Å²) in [5, 5.41) is 7.96. The van der Waals surface area contributed by atoms with Crippen LogP contribution in [0.3, 0.4) is 0 Å². The highest BCUT2D eigenvalue weighted by Crippen LogP contribution is 2.28. The zero-order valence-corrected chi connectivity index (χ0v) is 16.9. The first-order chi connectivity index (χ1) is 13.7. The van der Waals surface area contributed by atoms with Gasteiger partial charge >= 0.3 is 0 Å². The fourth-order valence-corrected chi connectivity index (χ4v) is 3.88. The minimum absolute atomic E-state index is 0.144. The highest BCUT2D eigenvalue weighted by atomic mass is 16.6. The summed E-state index contributed by atoms with van der Waals surface area (Å²) in [7, 11) is 0. The molecule has 4 heteroatoms. The molecule has 0 radical (unpaired) electrons. The lowest BCUT2D eigenvalue weighted by molar-refractivity contribution is 0.0372. The van der Waals surface area contributed by atoms with Crippen molar-refractivity contribution in [1.82, 2.24) is 5.32 Å². The van der Waals surface area contributed by atoms with Crippen LogP contribution in [0.15, 0.2) is 53.7 Å². The second-order valence-electron chi connectivity index (χ2n) is 8.21. The first kappa shape index (κ1) is 19.2. The van der Waals surface area contributed by atoms with E-state index in [0.29, 0.717) is 18.6 Å². The number of ether oxygens (including phenoxy) is 1. The number of aryl methyl sites for hydroxylation is 2. The number of hydrogen-bond acceptors (Lipinski definition) is 4. The Labute approximate surface area is 167 Å². The molecule has 0 saturated heterocycles. The Bertz CT molecular complexity index is 813. The van der Waals surface area contributed by atoms with Gasteiger partial charge in [0, 0.05) is 25.6 Å². The summed E-state index contributed by atoms with van der Waals surface area (Å²) in [4.78, 5) is 5.65. The smallest absolute Gasteiger partial charge is 0.145 e. The normalized spacial score (nSPS) is 23.8. The van der Waals surface area contributed by atoms with Gasteiger partial charge in [0.1, 0.15) is 6.10 Å². The number of nitrogens with one attached hydrogen (secondary N) is 1. The maximum Gasteiger partial charge on any atom is 0.145 e. The largest absolute Gasteiger partial charge is 0.390 e. The van der Waals surface area contributed by atoms with Crippen molar-refractivity contribution in [3.63, 3.8) is 0 Å². The third kappa shape index (κ3) is 4.81. The van der Waals surface area contributed by atoms with E-state index in [1.807, 2.05) is 6.07 Å². The minimum Gasteiger partial charge on any atom is -0.390 e. The number of oxime groups is 1. The van der Waals surface area contributed by atoms with Crippen LogP contribution in [0.4, 0.5) is 0 Å². The molecule has 1 fully saturated rings. The molecule has 0 bridgehead atoms. The van der Waals surface area contributed by atoms with E-state index in [2.05, 4.69) is 66.8 Å². The summed E-state index contributed by atoms with van der Waals surface area (Å²) < 4.78 is 5.86. The van der Waals surface area contributed by atoms with E-state index < -0.39 is 0 Å². The van der Waals surface area contributed by atoms with Crippen LogP contribution >= 0.6 is 0 Å². The van der Waals surface area contributed by atoms with Crippen LogP contribution in [0.1, 0.15) is 41.5 Å². The van der Waals surface area contributed by atoms with Crippen molar-refractivity contribution in [2.75, 3.05) is 13.2 Å². The van der Waals surface area contributed by atoms with Crippen LogP contribution in [0.5, 0.6) is 0 Å². The number of nitrogens with zero attached hydrogens (tertiary/aromatic N) is 1. The molecule has 0 aromatic heterocycles. The SMILES string of the molecule is Cc1ccc(C2=NOC(CNC3CC(COCc4ccccc4)C3)C2)cc1C. The Balaban J connectivity index is 1.11. The number of benzene rings is 2. The molecule has 0 spiro atoms. The molecular formula is C24H30N2O2. The fourth-order valence-electron chi connectivity index (χ4n) is 3.88. The van der Waals surface area contributed by atoms with Crippen molar-refractivity contribution in [3.8, 4) is 0 Å². The van der Waals surface area contributed by atoms with Gasteiger partial charge in [-0.2, -0.15) is 0 Å². The van der Waals surface area contributed by atoms with Crippen LogP contribution in [-0.2, 0) is 16.2 Å². The second-order valence-corrected chi connectivity index (χ2v) is 8.21. The lowest BCUT2D eigenvalue weighted by Gasteiger charge is -2.36. The minimum atomic E-state index is 0.144. The molecule has 148 valence electrons. The standard InChI is InChI=1S/C24H30N2O2/c1-17-8-9-21(10-18(17)2)24-13-23(28-26-24)14-25-22-11-20(12-22)16-27-15-19-6-4-3-5-7-19/h3-10,20,22-23,25H,11-16H2,1-2H3. The van der Waals surface area contributed by atoms with E-state index in [1.165, 1.54) is 35.1 Å². The van der Waals surface area contributed by atoms with Gasteiger partial charge in [-0.3, -0.25) is 0 Å². The Morgan fingerprint density at radius 2 is 1.89 bits per heavy atom. The third-order valence-corrected chi connectivity index (χ3v) is 5.91. The van der Waals surface area contributed by atoms with Crippen LogP contribution in [-0.4, -0.2) is 31.0 Å². The van der Waals surface area contributed by atoms with Gasteiger partial charge in [-0.25, -0.2) is 0 Å². The summed E-state index contributed by atoms with van der Waals surface area (Å²) in [6, 6.07) is 17.5. The maximum absolute atomic E-state index is 5.86. The van der Waals surface area contributed by atoms with Crippen LogP contribution in [0.2, 0.25) is 0 Å². The van der Waals surface area contributed by atoms with Crippen LogP contribution in [0.25, 0.3) is 0 Å². The Morgan fingerprint density at radius 3 is 2.68 bits per heavy atom. The summed E-state index contributed by atoms with van der Waals surface area (Å²) in [5.74, 6) is 0.674. The molecule has 2 aliphatic rings. The molecule has 1 aliphatic carbocycles. The van der Waals surface area contributed by atoms with E-state index >= 15 is 0 Å². The van der Waals surface area contributed by atoms with Crippen molar-refractivity contribution in [2.45, 2.75) is 51.9 Å². The van der Waals surface area contributed by atoms with Gasteiger partial charge in [-0.15, -0.1) is 0 Å². The summed E-state index contributed by atoms with van der Waals surface area (Å²) in [6.07, 6.45) is 3.40. The number of rotatable bonds is 8. The first-order valence-electron chi connectivity index (χ1n) is 10.3.